The summed E-state index contributed by atoms with van der Waals surface area (Å²) in [6.07, 6.45) is 1.09. The van der Waals surface area contributed by atoms with Gasteiger partial charge in [0, 0.05) is 17.8 Å². The van der Waals surface area contributed by atoms with Gasteiger partial charge in [0.15, 0.2) is 0 Å². The molecule has 0 bridgehead atoms. The van der Waals surface area contributed by atoms with Crippen molar-refractivity contribution in [2.24, 2.45) is 5.73 Å². The molecular weight excluding hydrogens is 230 g/mol. The first-order valence-corrected chi connectivity index (χ1v) is 6.20. The molecule has 0 radical (unpaired) electrons. The molecule has 1 rings (SSSR count). The Morgan fingerprint density at radius 3 is 2.71 bits per heavy atom. The van der Waals surface area contributed by atoms with E-state index in [1.165, 1.54) is 5.56 Å². The van der Waals surface area contributed by atoms with E-state index in [0.717, 1.165) is 30.8 Å². The molecule has 0 unspecified atom stereocenters. The highest BCUT2D eigenvalue weighted by Gasteiger charge is 2.04. The van der Waals surface area contributed by atoms with Gasteiger partial charge in [-0.1, -0.05) is 23.8 Å². The highest BCUT2D eigenvalue weighted by atomic mass is 32.1. The second-order valence-corrected chi connectivity index (χ2v) is 4.94. The number of thiocarbonyl (C=S) groups is 1. The van der Waals surface area contributed by atoms with E-state index < -0.39 is 0 Å². The average molecular weight is 251 g/mol. The first-order chi connectivity index (χ1) is 8.00. The molecule has 0 aromatic heterocycles. The molecule has 0 saturated heterocycles. The fourth-order valence-electron chi connectivity index (χ4n) is 1.63. The monoisotopic (exact) mass is 251 g/mol. The zero-order chi connectivity index (χ0) is 12.8. The van der Waals surface area contributed by atoms with Crippen LogP contribution in [0, 0.1) is 6.92 Å². The molecule has 3 nitrogen and oxygen atoms in total. The Kier molecular flexibility index (Phi) is 5.38. The van der Waals surface area contributed by atoms with Crippen LogP contribution in [0.2, 0.25) is 0 Å². The molecule has 0 atom stereocenters. The second kappa shape index (κ2) is 6.57. The Bertz CT molecular complexity index is 388. The standard InChI is InChI=1S/C13H21N3S/c1-10-5-6-12(11(9-10)13(14)17)15-7-4-8-16(2)3/h5-6,9,15H,4,7-8H2,1-3H3,(H2,14,17). The Labute approximate surface area is 109 Å². The van der Waals surface area contributed by atoms with E-state index in [1.54, 1.807) is 0 Å². The lowest BCUT2D eigenvalue weighted by molar-refractivity contribution is 0.405. The van der Waals surface area contributed by atoms with Crippen LogP contribution in [0.4, 0.5) is 5.69 Å². The first-order valence-electron chi connectivity index (χ1n) is 5.80. The molecule has 0 heterocycles. The molecule has 3 N–H and O–H groups in total. The van der Waals surface area contributed by atoms with Crippen LogP contribution in [0.25, 0.3) is 0 Å². The summed E-state index contributed by atoms with van der Waals surface area (Å²) in [4.78, 5) is 2.62. The number of aryl methyl sites for hydroxylation is 1. The minimum absolute atomic E-state index is 0.448. The summed E-state index contributed by atoms with van der Waals surface area (Å²) in [5, 5.41) is 3.38. The van der Waals surface area contributed by atoms with Crippen molar-refractivity contribution in [3.63, 3.8) is 0 Å². The first kappa shape index (κ1) is 13.9. The number of nitrogens with zero attached hydrogens (tertiary/aromatic N) is 1. The van der Waals surface area contributed by atoms with Gasteiger partial charge in [0.1, 0.15) is 4.99 Å². The minimum atomic E-state index is 0.448. The maximum Gasteiger partial charge on any atom is 0.106 e. The molecule has 0 fully saturated rings. The number of hydrogen-bond donors (Lipinski definition) is 2. The van der Waals surface area contributed by atoms with Crippen LogP contribution in [-0.4, -0.2) is 37.1 Å². The van der Waals surface area contributed by atoms with Crippen molar-refractivity contribution < 1.29 is 0 Å². The summed E-state index contributed by atoms with van der Waals surface area (Å²) in [5.74, 6) is 0. The van der Waals surface area contributed by atoms with Crippen molar-refractivity contribution in [1.82, 2.24) is 4.90 Å². The van der Waals surface area contributed by atoms with Gasteiger partial charge in [0.2, 0.25) is 0 Å². The zero-order valence-electron chi connectivity index (χ0n) is 10.8. The molecular formula is C13H21N3S. The van der Waals surface area contributed by atoms with Crippen molar-refractivity contribution in [2.45, 2.75) is 13.3 Å². The highest BCUT2D eigenvalue weighted by Crippen LogP contribution is 2.17. The summed E-state index contributed by atoms with van der Waals surface area (Å²) in [6, 6.07) is 6.13. The predicted octanol–water partition coefficient (Wildman–Crippen LogP) is 1.99. The number of benzene rings is 1. The van der Waals surface area contributed by atoms with E-state index in [-0.39, 0.29) is 0 Å². The maximum absolute atomic E-state index is 5.72. The summed E-state index contributed by atoms with van der Waals surface area (Å²) in [6.45, 7) is 4.04. The predicted molar refractivity (Wildman–Crippen MR) is 78.7 cm³/mol. The Morgan fingerprint density at radius 2 is 2.12 bits per heavy atom. The lowest BCUT2D eigenvalue weighted by Gasteiger charge is -2.13. The molecule has 0 amide bonds. The quantitative estimate of drug-likeness (QED) is 0.599. The Hall–Kier alpha value is -1.13. The molecule has 0 aliphatic carbocycles. The van der Waals surface area contributed by atoms with Crippen molar-refractivity contribution >= 4 is 22.9 Å². The SMILES string of the molecule is Cc1ccc(NCCCN(C)C)c(C(N)=S)c1. The van der Waals surface area contributed by atoms with Crippen molar-refractivity contribution in [3.05, 3.63) is 29.3 Å². The van der Waals surface area contributed by atoms with Crippen LogP contribution in [0.3, 0.4) is 0 Å². The molecule has 0 spiro atoms. The van der Waals surface area contributed by atoms with Gasteiger partial charge in [-0.3, -0.25) is 0 Å². The molecule has 1 aromatic rings. The van der Waals surface area contributed by atoms with Crippen LogP contribution in [0.5, 0.6) is 0 Å². The third-order valence-electron chi connectivity index (χ3n) is 2.54. The summed E-state index contributed by atoms with van der Waals surface area (Å²) >= 11 is 5.06. The number of anilines is 1. The van der Waals surface area contributed by atoms with Crippen LogP contribution in [0.1, 0.15) is 17.5 Å². The third-order valence-corrected chi connectivity index (χ3v) is 2.76. The molecule has 0 aliphatic rings. The fourth-order valence-corrected chi connectivity index (χ4v) is 1.80. The normalized spacial score (nSPS) is 10.6. The van der Waals surface area contributed by atoms with E-state index in [4.69, 9.17) is 18.0 Å². The number of nitrogens with two attached hydrogens (primary N) is 1. The number of hydrogen-bond acceptors (Lipinski definition) is 3. The van der Waals surface area contributed by atoms with Gasteiger partial charge in [-0.05, 0) is 46.1 Å². The molecule has 17 heavy (non-hydrogen) atoms. The van der Waals surface area contributed by atoms with Crippen LogP contribution < -0.4 is 11.1 Å². The van der Waals surface area contributed by atoms with Gasteiger partial charge < -0.3 is 16.0 Å². The summed E-state index contributed by atoms with van der Waals surface area (Å²) in [5.41, 5.74) is 8.86. The highest BCUT2D eigenvalue weighted by molar-refractivity contribution is 7.80. The smallest absolute Gasteiger partial charge is 0.106 e. The Balaban J connectivity index is 2.61. The van der Waals surface area contributed by atoms with Gasteiger partial charge in [-0.2, -0.15) is 0 Å². The lowest BCUT2D eigenvalue weighted by atomic mass is 10.1. The molecule has 94 valence electrons. The van der Waals surface area contributed by atoms with E-state index >= 15 is 0 Å². The largest absolute Gasteiger partial charge is 0.389 e. The summed E-state index contributed by atoms with van der Waals surface area (Å²) < 4.78 is 0. The molecule has 0 saturated carbocycles. The van der Waals surface area contributed by atoms with Gasteiger partial charge in [-0.15, -0.1) is 0 Å². The topological polar surface area (TPSA) is 41.3 Å². The third kappa shape index (κ3) is 4.71. The van der Waals surface area contributed by atoms with Gasteiger partial charge >= 0.3 is 0 Å². The second-order valence-electron chi connectivity index (χ2n) is 4.50. The minimum Gasteiger partial charge on any atom is -0.389 e. The Morgan fingerprint density at radius 1 is 1.41 bits per heavy atom. The van der Waals surface area contributed by atoms with E-state index in [0.29, 0.717) is 4.99 Å². The van der Waals surface area contributed by atoms with Crippen molar-refractivity contribution in [1.29, 1.82) is 0 Å². The van der Waals surface area contributed by atoms with Gasteiger partial charge in [0.05, 0.1) is 0 Å². The fraction of sp³-hybridized carbons (Fsp3) is 0.462. The molecule has 1 aromatic carbocycles. The van der Waals surface area contributed by atoms with Crippen LogP contribution in [0.15, 0.2) is 18.2 Å². The number of nitrogens with one attached hydrogen (secondary N) is 1. The molecule has 4 heteroatoms. The average Bonchev–Trinajstić information content (AvgIpc) is 2.25. The maximum atomic E-state index is 5.72. The van der Waals surface area contributed by atoms with Gasteiger partial charge in [-0.25, -0.2) is 0 Å². The zero-order valence-corrected chi connectivity index (χ0v) is 11.6. The molecule has 0 aliphatic heterocycles. The van der Waals surface area contributed by atoms with Crippen molar-refractivity contribution in [2.75, 3.05) is 32.5 Å². The van der Waals surface area contributed by atoms with Crippen molar-refractivity contribution in [3.8, 4) is 0 Å². The van der Waals surface area contributed by atoms with E-state index in [9.17, 15) is 0 Å². The van der Waals surface area contributed by atoms with E-state index in [2.05, 4.69) is 30.4 Å². The van der Waals surface area contributed by atoms with Crippen LogP contribution >= 0.6 is 12.2 Å². The number of rotatable bonds is 6. The lowest BCUT2D eigenvalue weighted by Crippen LogP contribution is -2.18. The summed E-state index contributed by atoms with van der Waals surface area (Å²) in [7, 11) is 4.15. The van der Waals surface area contributed by atoms with E-state index in [1.807, 2.05) is 19.1 Å². The van der Waals surface area contributed by atoms with Crippen LogP contribution in [-0.2, 0) is 0 Å². The van der Waals surface area contributed by atoms with Gasteiger partial charge in [0.25, 0.3) is 0 Å².